The Kier molecular flexibility index (Phi) is 4.66. The molecule has 2 heteroatoms. The number of aryl methyl sites for hydroxylation is 1. The van der Waals surface area contributed by atoms with Gasteiger partial charge in [-0.05, 0) is 51.1 Å². The van der Waals surface area contributed by atoms with Gasteiger partial charge in [0.1, 0.15) is 0 Å². The largest absolute Gasteiger partial charge is 0.343 e. The molecule has 20 heavy (non-hydrogen) atoms. The van der Waals surface area contributed by atoms with Gasteiger partial charge in [0, 0.05) is 29.8 Å². The maximum absolute atomic E-state index is 3.81. The summed E-state index contributed by atoms with van der Waals surface area (Å²) in [6.07, 6.45) is 4.21. The second-order valence-electron chi connectivity index (χ2n) is 6.38. The van der Waals surface area contributed by atoms with Crippen LogP contribution in [0.15, 0.2) is 43.0 Å². The number of rotatable bonds is 6. The highest BCUT2D eigenvalue weighted by Crippen LogP contribution is 2.21. The van der Waals surface area contributed by atoms with Gasteiger partial charge in [-0.1, -0.05) is 24.3 Å². The summed E-state index contributed by atoms with van der Waals surface area (Å²) in [7, 11) is 0. The summed E-state index contributed by atoms with van der Waals surface area (Å²) in [5.41, 5.74) is 2.84. The Morgan fingerprint density at radius 1 is 1.25 bits per heavy atom. The molecule has 1 heterocycles. The van der Waals surface area contributed by atoms with Crippen LogP contribution in [-0.2, 0) is 13.1 Å². The number of nitrogens with one attached hydrogen (secondary N) is 1. The third-order valence-corrected chi connectivity index (χ3v) is 3.49. The number of allylic oxidation sites excluding steroid dienone is 1. The fourth-order valence-electron chi connectivity index (χ4n) is 2.43. The van der Waals surface area contributed by atoms with Crippen molar-refractivity contribution in [2.45, 2.75) is 52.2 Å². The first-order valence-electron chi connectivity index (χ1n) is 7.44. The third kappa shape index (κ3) is 3.73. The van der Waals surface area contributed by atoms with E-state index in [9.17, 15) is 0 Å². The maximum Gasteiger partial charge on any atom is 0.0482 e. The van der Waals surface area contributed by atoms with E-state index in [0.717, 1.165) is 25.9 Å². The predicted octanol–water partition coefficient (Wildman–Crippen LogP) is 4.50. The molecule has 0 atom stereocenters. The van der Waals surface area contributed by atoms with Crippen molar-refractivity contribution < 1.29 is 0 Å². The molecule has 0 aliphatic carbocycles. The summed E-state index contributed by atoms with van der Waals surface area (Å²) in [6.45, 7) is 12.4. The summed E-state index contributed by atoms with van der Waals surface area (Å²) in [5, 5.41) is 4.92. The summed E-state index contributed by atoms with van der Waals surface area (Å²) in [5.74, 6) is 0. The molecule has 0 saturated heterocycles. The van der Waals surface area contributed by atoms with E-state index >= 15 is 0 Å². The molecule has 0 bridgehead atoms. The summed E-state index contributed by atoms with van der Waals surface area (Å²) in [6, 6.07) is 10.9. The first-order valence-corrected chi connectivity index (χ1v) is 7.44. The van der Waals surface area contributed by atoms with E-state index in [1.807, 2.05) is 6.08 Å². The summed E-state index contributed by atoms with van der Waals surface area (Å²) >= 11 is 0. The molecule has 2 aromatic rings. The number of fused-ring (bicyclic) bond motifs is 1. The van der Waals surface area contributed by atoms with Crippen molar-refractivity contribution in [2.24, 2.45) is 0 Å². The minimum absolute atomic E-state index is 0.141. The zero-order chi connectivity index (χ0) is 14.6. The molecule has 2 rings (SSSR count). The second-order valence-corrected chi connectivity index (χ2v) is 6.38. The monoisotopic (exact) mass is 270 g/mol. The molecule has 1 aromatic heterocycles. The van der Waals surface area contributed by atoms with Crippen molar-refractivity contribution in [3.05, 3.63) is 48.7 Å². The van der Waals surface area contributed by atoms with Crippen molar-refractivity contribution in [3.8, 4) is 0 Å². The Hall–Kier alpha value is -1.54. The van der Waals surface area contributed by atoms with Crippen LogP contribution in [0.1, 0.15) is 39.3 Å². The van der Waals surface area contributed by atoms with Crippen LogP contribution in [0.3, 0.4) is 0 Å². The molecular weight excluding hydrogens is 244 g/mol. The standard InChI is InChI=1S/C18H26N2/c1-5-6-9-12-20-16(14-19-18(2,3)4)13-15-10-7-8-11-17(15)20/h5,7-8,10-11,13,19H,1,6,9,12,14H2,2-4H3. The van der Waals surface area contributed by atoms with E-state index in [-0.39, 0.29) is 5.54 Å². The minimum Gasteiger partial charge on any atom is -0.343 e. The lowest BCUT2D eigenvalue weighted by Crippen LogP contribution is -2.35. The molecule has 2 nitrogen and oxygen atoms in total. The van der Waals surface area contributed by atoms with Crippen LogP contribution < -0.4 is 5.32 Å². The van der Waals surface area contributed by atoms with Crippen LogP contribution in [-0.4, -0.2) is 10.1 Å². The molecule has 0 fully saturated rings. The van der Waals surface area contributed by atoms with E-state index in [1.165, 1.54) is 16.6 Å². The molecule has 0 saturated carbocycles. The molecule has 1 N–H and O–H groups in total. The second kappa shape index (κ2) is 6.27. The quantitative estimate of drug-likeness (QED) is 0.604. The van der Waals surface area contributed by atoms with E-state index in [1.54, 1.807) is 0 Å². The Labute approximate surface area is 122 Å². The molecule has 0 unspecified atom stereocenters. The van der Waals surface area contributed by atoms with Gasteiger partial charge in [-0.25, -0.2) is 0 Å². The van der Waals surface area contributed by atoms with E-state index in [4.69, 9.17) is 0 Å². The zero-order valence-corrected chi connectivity index (χ0v) is 12.9. The fraction of sp³-hybridized carbons (Fsp3) is 0.444. The highest BCUT2D eigenvalue weighted by Gasteiger charge is 2.12. The molecule has 0 radical (unpaired) electrons. The van der Waals surface area contributed by atoms with Crippen molar-refractivity contribution in [3.63, 3.8) is 0 Å². The van der Waals surface area contributed by atoms with Crippen molar-refractivity contribution in [2.75, 3.05) is 0 Å². The van der Waals surface area contributed by atoms with Gasteiger partial charge in [0.25, 0.3) is 0 Å². The summed E-state index contributed by atoms with van der Waals surface area (Å²) in [4.78, 5) is 0. The van der Waals surface area contributed by atoms with Crippen LogP contribution in [0.5, 0.6) is 0 Å². The van der Waals surface area contributed by atoms with Gasteiger partial charge in [-0.2, -0.15) is 0 Å². The van der Waals surface area contributed by atoms with E-state index in [2.05, 4.69) is 67.6 Å². The number of nitrogens with zero attached hydrogens (tertiary/aromatic N) is 1. The smallest absolute Gasteiger partial charge is 0.0482 e. The van der Waals surface area contributed by atoms with E-state index < -0.39 is 0 Å². The lowest BCUT2D eigenvalue weighted by Gasteiger charge is -2.21. The average Bonchev–Trinajstić information content (AvgIpc) is 2.74. The Morgan fingerprint density at radius 3 is 2.70 bits per heavy atom. The molecule has 108 valence electrons. The van der Waals surface area contributed by atoms with Crippen molar-refractivity contribution >= 4 is 10.9 Å². The first-order chi connectivity index (χ1) is 9.51. The van der Waals surface area contributed by atoms with Gasteiger partial charge >= 0.3 is 0 Å². The number of unbranched alkanes of at least 4 members (excludes halogenated alkanes) is 1. The van der Waals surface area contributed by atoms with Crippen molar-refractivity contribution in [1.82, 2.24) is 9.88 Å². The Morgan fingerprint density at radius 2 is 2.00 bits per heavy atom. The molecule has 0 aliphatic rings. The third-order valence-electron chi connectivity index (χ3n) is 3.49. The first kappa shape index (κ1) is 14.9. The lowest BCUT2D eigenvalue weighted by molar-refractivity contribution is 0.415. The van der Waals surface area contributed by atoms with Gasteiger partial charge < -0.3 is 9.88 Å². The molecule has 1 aromatic carbocycles. The van der Waals surface area contributed by atoms with Gasteiger partial charge in [0.2, 0.25) is 0 Å². The number of hydrogen-bond donors (Lipinski definition) is 1. The fourth-order valence-corrected chi connectivity index (χ4v) is 2.43. The molecule has 0 amide bonds. The minimum atomic E-state index is 0.141. The van der Waals surface area contributed by atoms with Gasteiger partial charge in [0.15, 0.2) is 0 Å². The van der Waals surface area contributed by atoms with Gasteiger partial charge in [0.05, 0.1) is 0 Å². The van der Waals surface area contributed by atoms with Crippen molar-refractivity contribution in [1.29, 1.82) is 0 Å². The lowest BCUT2D eigenvalue weighted by atomic mass is 10.1. The SMILES string of the molecule is C=CCCCn1c(CNC(C)(C)C)cc2ccccc21. The molecular formula is C18H26N2. The van der Waals surface area contributed by atoms with Crippen LogP contribution in [0.4, 0.5) is 0 Å². The normalized spacial score (nSPS) is 11.9. The van der Waals surface area contributed by atoms with Crippen LogP contribution >= 0.6 is 0 Å². The van der Waals surface area contributed by atoms with Gasteiger partial charge in [-0.15, -0.1) is 6.58 Å². The van der Waals surface area contributed by atoms with Crippen LogP contribution in [0.25, 0.3) is 10.9 Å². The number of benzene rings is 1. The Balaban J connectivity index is 2.26. The molecule has 0 aliphatic heterocycles. The average molecular weight is 270 g/mol. The predicted molar refractivity (Wildman–Crippen MR) is 88.0 cm³/mol. The molecule has 0 spiro atoms. The topological polar surface area (TPSA) is 17.0 Å². The number of para-hydroxylation sites is 1. The highest BCUT2D eigenvalue weighted by atomic mass is 15.0. The van der Waals surface area contributed by atoms with Crippen LogP contribution in [0, 0.1) is 0 Å². The maximum atomic E-state index is 3.81. The Bertz CT molecular complexity index is 573. The summed E-state index contributed by atoms with van der Waals surface area (Å²) < 4.78 is 2.44. The van der Waals surface area contributed by atoms with E-state index in [0.29, 0.717) is 0 Å². The zero-order valence-electron chi connectivity index (χ0n) is 12.9. The van der Waals surface area contributed by atoms with Crippen LogP contribution in [0.2, 0.25) is 0 Å². The van der Waals surface area contributed by atoms with Gasteiger partial charge in [-0.3, -0.25) is 0 Å². The highest BCUT2D eigenvalue weighted by molar-refractivity contribution is 5.81. The number of aromatic nitrogens is 1. The number of hydrogen-bond acceptors (Lipinski definition) is 1.